The number of carbonyl (C=O) groups excluding carboxylic acids is 1. The summed E-state index contributed by atoms with van der Waals surface area (Å²) in [5.41, 5.74) is 1.22. The molecule has 0 radical (unpaired) electrons. The van der Waals surface area contributed by atoms with Crippen LogP contribution in [0, 0.1) is 0 Å². The first-order valence-electron chi connectivity index (χ1n) is 6.81. The molecule has 0 saturated heterocycles. The summed E-state index contributed by atoms with van der Waals surface area (Å²) in [5, 5.41) is -1.15. The van der Waals surface area contributed by atoms with E-state index in [4.69, 9.17) is 0 Å². The molecule has 2 aromatic rings. The molecule has 0 saturated carbocycles. The first-order valence-corrected chi connectivity index (χ1v) is 7.69. The van der Waals surface area contributed by atoms with Crippen LogP contribution in [0.1, 0.15) is 22.3 Å². The predicted molar refractivity (Wildman–Crippen MR) is 83.0 cm³/mol. The molecule has 0 heterocycles. The molecule has 0 fully saturated rings. The lowest BCUT2D eigenvalue weighted by Crippen LogP contribution is -2.20. The van der Waals surface area contributed by atoms with E-state index in [2.05, 4.69) is 0 Å². The molecule has 1 atom stereocenters. The van der Waals surface area contributed by atoms with Gasteiger partial charge in [0.1, 0.15) is 0 Å². The van der Waals surface area contributed by atoms with E-state index in [1.807, 2.05) is 6.07 Å². The van der Waals surface area contributed by atoms with E-state index in [0.717, 1.165) is 17.3 Å². The van der Waals surface area contributed by atoms with Crippen LogP contribution in [0.15, 0.2) is 60.7 Å². The minimum atomic E-state index is -4.29. The van der Waals surface area contributed by atoms with Crippen molar-refractivity contribution < 1.29 is 18.0 Å². The van der Waals surface area contributed by atoms with Gasteiger partial charge >= 0.3 is 6.18 Å². The molecule has 1 nitrogen and oxygen atoms in total. The minimum absolute atomic E-state index is 0.212. The van der Waals surface area contributed by atoms with Gasteiger partial charge in [-0.05, 0) is 12.0 Å². The summed E-state index contributed by atoms with van der Waals surface area (Å²) < 4.78 is 38.2. The lowest BCUT2D eigenvalue weighted by Gasteiger charge is -2.17. The fourth-order valence-corrected chi connectivity index (χ4v) is 3.21. The summed E-state index contributed by atoms with van der Waals surface area (Å²) in [6.07, 6.45) is -5.06. The average Bonchev–Trinajstić information content (AvgIpc) is 2.47. The largest absolute Gasteiger partial charge is 0.390 e. The van der Waals surface area contributed by atoms with Crippen molar-refractivity contribution in [2.45, 2.75) is 24.3 Å². The Balaban J connectivity index is 2.09. The third-order valence-electron chi connectivity index (χ3n) is 3.05. The second kappa shape index (κ2) is 7.49. The molecule has 0 N–H and O–H groups in total. The maximum Gasteiger partial charge on any atom is 0.390 e. The zero-order valence-corrected chi connectivity index (χ0v) is 12.5. The zero-order chi connectivity index (χ0) is 16.0. The van der Waals surface area contributed by atoms with Crippen molar-refractivity contribution in [1.82, 2.24) is 0 Å². The first kappa shape index (κ1) is 16.6. The van der Waals surface area contributed by atoms with Crippen molar-refractivity contribution >= 4 is 16.9 Å². The van der Waals surface area contributed by atoms with E-state index in [1.165, 1.54) is 0 Å². The van der Waals surface area contributed by atoms with E-state index in [9.17, 15) is 18.0 Å². The van der Waals surface area contributed by atoms with Crippen LogP contribution in [0.25, 0.3) is 0 Å². The number of thioether (sulfide) groups is 1. The summed E-state index contributed by atoms with van der Waals surface area (Å²) in [5.74, 6) is 0. The van der Waals surface area contributed by atoms with Gasteiger partial charge in [0, 0.05) is 10.8 Å². The van der Waals surface area contributed by atoms with Crippen LogP contribution in [0.3, 0.4) is 0 Å². The average molecular weight is 324 g/mol. The van der Waals surface area contributed by atoms with Crippen molar-refractivity contribution in [2.75, 3.05) is 0 Å². The fourth-order valence-electron chi connectivity index (χ4n) is 2.08. The third kappa shape index (κ3) is 5.56. The highest BCUT2D eigenvalue weighted by atomic mass is 32.2. The molecule has 22 heavy (non-hydrogen) atoms. The summed E-state index contributed by atoms with van der Waals surface area (Å²) >= 11 is 0.761. The lowest BCUT2D eigenvalue weighted by atomic mass is 10.1. The Kier molecular flexibility index (Phi) is 5.66. The molecule has 2 rings (SSSR count). The topological polar surface area (TPSA) is 17.1 Å². The van der Waals surface area contributed by atoms with Crippen molar-refractivity contribution in [3.63, 3.8) is 0 Å². The molecule has 2 aromatic carbocycles. The highest BCUT2D eigenvalue weighted by molar-refractivity contribution is 8.14. The minimum Gasteiger partial charge on any atom is -0.282 e. The molecule has 1 unspecified atom stereocenters. The van der Waals surface area contributed by atoms with Crippen LogP contribution in [0.4, 0.5) is 13.2 Å². The number of hydrogen-bond acceptors (Lipinski definition) is 2. The number of hydrogen-bond donors (Lipinski definition) is 0. The zero-order valence-electron chi connectivity index (χ0n) is 11.7. The van der Waals surface area contributed by atoms with Gasteiger partial charge in [-0.2, -0.15) is 13.2 Å². The molecular formula is C17H15F3OS. The molecule has 0 aliphatic rings. The number of alkyl halides is 3. The van der Waals surface area contributed by atoms with Crippen molar-refractivity contribution in [1.29, 1.82) is 0 Å². The molecule has 0 bridgehead atoms. The van der Waals surface area contributed by atoms with Gasteiger partial charge in [0.25, 0.3) is 0 Å². The monoisotopic (exact) mass is 324 g/mol. The summed E-state index contributed by atoms with van der Waals surface area (Å²) in [7, 11) is 0. The Labute approximate surface area is 131 Å². The van der Waals surface area contributed by atoms with E-state index < -0.39 is 17.8 Å². The van der Waals surface area contributed by atoms with Gasteiger partial charge in [0.05, 0.1) is 6.42 Å². The van der Waals surface area contributed by atoms with Crippen LogP contribution in [0.5, 0.6) is 0 Å². The van der Waals surface area contributed by atoms with Crippen LogP contribution < -0.4 is 0 Å². The van der Waals surface area contributed by atoms with E-state index in [0.29, 0.717) is 5.56 Å². The Morgan fingerprint density at radius 3 is 2.05 bits per heavy atom. The molecule has 0 aliphatic carbocycles. The Morgan fingerprint density at radius 1 is 0.955 bits per heavy atom. The van der Waals surface area contributed by atoms with E-state index in [1.54, 1.807) is 54.6 Å². The maximum atomic E-state index is 12.7. The third-order valence-corrected chi connectivity index (χ3v) is 4.16. The summed E-state index contributed by atoms with van der Waals surface area (Å²) in [4.78, 5) is 12.1. The molecule has 0 spiro atoms. The standard InChI is InChI=1S/C17H15F3OS/c18-17(19,20)12-15(11-13-7-3-1-4-8-13)22-16(21)14-9-5-2-6-10-14/h1-10,15H,11-12H2. The number of rotatable bonds is 5. The highest BCUT2D eigenvalue weighted by Crippen LogP contribution is 2.31. The van der Waals surface area contributed by atoms with Gasteiger partial charge in [-0.1, -0.05) is 72.4 Å². The van der Waals surface area contributed by atoms with Crippen LogP contribution in [-0.4, -0.2) is 16.5 Å². The molecule has 0 amide bonds. The molecule has 5 heteroatoms. The van der Waals surface area contributed by atoms with Crippen LogP contribution in [-0.2, 0) is 6.42 Å². The van der Waals surface area contributed by atoms with Gasteiger partial charge in [0.2, 0.25) is 5.12 Å². The van der Waals surface area contributed by atoms with Crippen LogP contribution >= 0.6 is 11.8 Å². The summed E-state index contributed by atoms with van der Waals surface area (Å²) in [6, 6.07) is 17.3. The maximum absolute atomic E-state index is 12.7. The second-order valence-corrected chi connectivity index (χ2v) is 6.18. The van der Waals surface area contributed by atoms with Gasteiger partial charge in [-0.25, -0.2) is 0 Å². The molecule has 0 aliphatic heterocycles. The van der Waals surface area contributed by atoms with Crippen molar-refractivity contribution in [3.05, 3.63) is 71.8 Å². The van der Waals surface area contributed by atoms with Gasteiger partial charge in [0.15, 0.2) is 0 Å². The fraction of sp³-hybridized carbons (Fsp3) is 0.235. The quantitative estimate of drug-likeness (QED) is 0.759. The SMILES string of the molecule is O=C(SC(Cc1ccccc1)CC(F)(F)F)c1ccccc1. The Hall–Kier alpha value is -1.75. The molecule has 0 aromatic heterocycles. The highest BCUT2D eigenvalue weighted by Gasteiger charge is 2.33. The second-order valence-electron chi connectivity index (χ2n) is 4.90. The Morgan fingerprint density at radius 2 is 1.50 bits per heavy atom. The first-order chi connectivity index (χ1) is 10.4. The van der Waals surface area contributed by atoms with E-state index in [-0.39, 0.29) is 11.5 Å². The van der Waals surface area contributed by atoms with Gasteiger partial charge in [-0.3, -0.25) is 4.79 Å². The van der Waals surface area contributed by atoms with Crippen molar-refractivity contribution in [2.24, 2.45) is 0 Å². The normalized spacial score (nSPS) is 12.9. The van der Waals surface area contributed by atoms with Crippen molar-refractivity contribution in [3.8, 4) is 0 Å². The smallest absolute Gasteiger partial charge is 0.282 e. The number of benzene rings is 2. The van der Waals surface area contributed by atoms with Gasteiger partial charge < -0.3 is 0 Å². The predicted octanol–water partition coefficient (Wildman–Crippen LogP) is 5.12. The number of carbonyl (C=O) groups is 1. The lowest BCUT2D eigenvalue weighted by molar-refractivity contribution is -0.134. The van der Waals surface area contributed by atoms with E-state index >= 15 is 0 Å². The van der Waals surface area contributed by atoms with Crippen LogP contribution in [0.2, 0.25) is 0 Å². The molecular weight excluding hydrogens is 309 g/mol. The summed E-state index contributed by atoms with van der Waals surface area (Å²) in [6.45, 7) is 0. The Bertz CT molecular complexity index is 596. The molecule has 116 valence electrons. The number of halogens is 3. The van der Waals surface area contributed by atoms with Gasteiger partial charge in [-0.15, -0.1) is 0 Å².